The highest BCUT2D eigenvalue weighted by atomic mass is 32.1. The van der Waals surface area contributed by atoms with E-state index >= 15 is 0 Å². The lowest BCUT2D eigenvalue weighted by Crippen LogP contribution is -2.46. The van der Waals surface area contributed by atoms with E-state index in [1.165, 1.54) is 11.3 Å². The smallest absolute Gasteiger partial charge is 0.257 e. The van der Waals surface area contributed by atoms with Crippen LogP contribution < -0.4 is 10.1 Å². The number of aromatic nitrogens is 1. The van der Waals surface area contributed by atoms with Crippen molar-refractivity contribution in [1.82, 2.24) is 15.4 Å². The minimum absolute atomic E-state index is 0.0518. The number of piperidine rings is 1. The minimum atomic E-state index is -0.0584. The molecular weight excluding hydrogens is 414 g/mol. The first-order valence-electron chi connectivity index (χ1n) is 10.3. The monoisotopic (exact) mass is 439 g/mol. The number of ether oxygens (including phenoxy) is 1. The van der Waals surface area contributed by atoms with E-state index in [4.69, 9.17) is 9.26 Å². The molecule has 4 rings (SSSR count). The molecule has 1 fully saturated rings. The largest absolute Gasteiger partial charge is 0.488 e. The van der Waals surface area contributed by atoms with Crippen molar-refractivity contribution in [1.29, 1.82) is 0 Å². The second kappa shape index (κ2) is 9.34. The van der Waals surface area contributed by atoms with Crippen LogP contribution in [0, 0.1) is 13.8 Å². The molecule has 3 heterocycles. The Labute approximate surface area is 185 Å². The standard InChI is InChI=1S/C23H25N3O4S/c1-15-20(16(2)30-25-15)13-29-21-6-4-3-5-19(21)23(28)26-10-7-18(8-11-26)24-22(27)17-9-12-31-14-17/h3-6,9,12,14,18H,7-8,10-11,13H2,1-2H3,(H,24,27). The summed E-state index contributed by atoms with van der Waals surface area (Å²) in [5, 5.41) is 10.7. The van der Waals surface area contributed by atoms with Crippen LogP contribution >= 0.6 is 11.3 Å². The predicted molar refractivity (Wildman–Crippen MR) is 117 cm³/mol. The van der Waals surface area contributed by atoms with Gasteiger partial charge in [0.05, 0.1) is 16.8 Å². The quantitative estimate of drug-likeness (QED) is 0.628. The summed E-state index contributed by atoms with van der Waals surface area (Å²) >= 11 is 1.50. The molecule has 1 aliphatic rings. The molecule has 0 radical (unpaired) electrons. The maximum Gasteiger partial charge on any atom is 0.257 e. The van der Waals surface area contributed by atoms with Gasteiger partial charge in [0.2, 0.25) is 0 Å². The number of rotatable bonds is 6. The Balaban J connectivity index is 1.36. The molecule has 8 heteroatoms. The molecule has 0 unspecified atom stereocenters. The van der Waals surface area contributed by atoms with Crippen LogP contribution in [-0.2, 0) is 6.61 Å². The van der Waals surface area contributed by atoms with E-state index in [-0.39, 0.29) is 17.9 Å². The van der Waals surface area contributed by atoms with Crippen molar-refractivity contribution in [3.05, 3.63) is 69.2 Å². The molecule has 2 amide bonds. The van der Waals surface area contributed by atoms with E-state index in [1.54, 1.807) is 12.1 Å². The molecule has 7 nitrogen and oxygen atoms in total. The van der Waals surface area contributed by atoms with E-state index in [0.717, 1.165) is 24.1 Å². The van der Waals surface area contributed by atoms with Crippen LogP contribution in [0.1, 0.15) is 50.6 Å². The van der Waals surface area contributed by atoms with Crippen molar-refractivity contribution >= 4 is 23.2 Å². The Bertz CT molecular complexity index is 1030. The maximum atomic E-state index is 13.2. The minimum Gasteiger partial charge on any atom is -0.488 e. The summed E-state index contributed by atoms with van der Waals surface area (Å²) in [7, 11) is 0. The van der Waals surface area contributed by atoms with Gasteiger partial charge >= 0.3 is 0 Å². The molecule has 1 aromatic carbocycles. The summed E-state index contributed by atoms with van der Waals surface area (Å²) in [6, 6.07) is 9.17. The fourth-order valence-electron chi connectivity index (χ4n) is 3.69. The molecule has 0 bridgehead atoms. The van der Waals surface area contributed by atoms with Crippen LogP contribution in [-0.4, -0.2) is 41.0 Å². The summed E-state index contributed by atoms with van der Waals surface area (Å²) in [6.45, 7) is 5.18. The van der Waals surface area contributed by atoms with Gasteiger partial charge in [0, 0.05) is 30.1 Å². The number of nitrogens with zero attached hydrogens (tertiary/aromatic N) is 2. The van der Waals surface area contributed by atoms with Crippen molar-refractivity contribution in [2.75, 3.05) is 13.1 Å². The third kappa shape index (κ3) is 4.80. The second-order valence-electron chi connectivity index (χ2n) is 7.64. The van der Waals surface area contributed by atoms with Gasteiger partial charge < -0.3 is 19.5 Å². The molecule has 1 N–H and O–H groups in total. The molecular formula is C23H25N3O4S. The van der Waals surface area contributed by atoms with Crippen molar-refractivity contribution < 1.29 is 18.8 Å². The van der Waals surface area contributed by atoms with Crippen LogP contribution in [0.15, 0.2) is 45.6 Å². The van der Waals surface area contributed by atoms with Crippen molar-refractivity contribution in [3.63, 3.8) is 0 Å². The Kier molecular flexibility index (Phi) is 6.36. The highest BCUT2D eigenvalue weighted by Gasteiger charge is 2.26. The molecule has 0 aliphatic carbocycles. The molecule has 1 aliphatic heterocycles. The summed E-state index contributed by atoms with van der Waals surface area (Å²) < 4.78 is 11.1. The number of thiophene rings is 1. The average molecular weight is 440 g/mol. The number of carbonyl (C=O) groups is 2. The predicted octanol–water partition coefficient (Wildman–Crippen LogP) is 3.97. The fourth-order valence-corrected chi connectivity index (χ4v) is 4.32. The van der Waals surface area contributed by atoms with Gasteiger partial charge in [-0.25, -0.2) is 0 Å². The van der Waals surface area contributed by atoms with E-state index < -0.39 is 0 Å². The first kappa shape index (κ1) is 21.1. The van der Waals surface area contributed by atoms with Gasteiger partial charge in [-0.2, -0.15) is 11.3 Å². The first-order valence-corrected chi connectivity index (χ1v) is 11.2. The summed E-state index contributed by atoms with van der Waals surface area (Å²) in [5.74, 6) is 1.15. The zero-order valence-corrected chi connectivity index (χ0v) is 18.4. The SMILES string of the molecule is Cc1noc(C)c1COc1ccccc1C(=O)N1CCC(NC(=O)c2ccsc2)CC1. The number of benzene rings is 1. The maximum absolute atomic E-state index is 13.2. The summed E-state index contributed by atoms with van der Waals surface area (Å²) in [4.78, 5) is 27.2. The molecule has 3 aromatic rings. The second-order valence-corrected chi connectivity index (χ2v) is 8.42. The highest BCUT2D eigenvalue weighted by Crippen LogP contribution is 2.24. The molecule has 1 saturated heterocycles. The van der Waals surface area contributed by atoms with Gasteiger partial charge in [-0.1, -0.05) is 17.3 Å². The Morgan fingerprint density at radius 2 is 2.00 bits per heavy atom. The Morgan fingerprint density at radius 1 is 1.23 bits per heavy atom. The Morgan fingerprint density at radius 3 is 2.68 bits per heavy atom. The number of amides is 2. The lowest BCUT2D eigenvalue weighted by molar-refractivity contribution is 0.0693. The molecule has 2 aromatic heterocycles. The highest BCUT2D eigenvalue weighted by molar-refractivity contribution is 7.08. The third-order valence-corrected chi connectivity index (χ3v) is 6.25. The molecule has 0 spiro atoms. The third-order valence-electron chi connectivity index (χ3n) is 5.57. The van der Waals surface area contributed by atoms with Gasteiger partial charge in [0.15, 0.2) is 0 Å². The van der Waals surface area contributed by atoms with Crippen molar-refractivity contribution in [3.8, 4) is 5.75 Å². The topological polar surface area (TPSA) is 84.7 Å². The van der Waals surface area contributed by atoms with E-state index in [9.17, 15) is 9.59 Å². The van der Waals surface area contributed by atoms with Crippen LogP contribution in [0.5, 0.6) is 5.75 Å². The van der Waals surface area contributed by atoms with Gasteiger partial charge in [-0.15, -0.1) is 0 Å². The number of carbonyl (C=O) groups excluding carboxylic acids is 2. The van der Waals surface area contributed by atoms with Gasteiger partial charge in [-0.05, 0) is 50.3 Å². The van der Waals surface area contributed by atoms with Crippen LogP contribution in [0.2, 0.25) is 0 Å². The molecule has 0 atom stereocenters. The van der Waals surface area contributed by atoms with Gasteiger partial charge in [-0.3, -0.25) is 9.59 Å². The fraction of sp³-hybridized carbons (Fsp3) is 0.348. The Hall–Kier alpha value is -3.13. The number of aryl methyl sites for hydroxylation is 2. The number of likely N-dealkylation sites (tertiary alicyclic amines) is 1. The van der Waals surface area contributed by atoms with E-state index in [0.29, 0.717) is 42.3 Å². The van der Waals surface area contributed by atoms with Crippen LogP contribution in [0.25, 0.3) is 0 Å². The summed E-state index contributed by atoms with van der Waals surface area (Å²) in [6.07, 6.45) is 1.45. The van der Waals surface area contributed by atoms with Crippen molar-refractivity contribution in [2.45, 2.75) is 39.3 Å². The van der Waals surface area contributed by atoms with Crippen LogP contribution in [0.3, 0.4) is 0 Å². The molecule has 31 heavy (non-hydrogen) atoms. The van der Waals surface area contributed by atoms with E-state index in [1.807, 2.05) is 47.7 Å². The van der Waals surface area contributed by atoms with Gasteiger partial charge in [0.1, 0.15) is 18.1 Å². The van der Waals surface area contributed by atoms with Gasteiger partial charge in [0.25, 0.3) is 11.8 Å². The van der Waals surface area contributed by atoms with Crippen molar-refractivity contribution in [2.24, 2.45) is 0 Å². The normalized spacial score (nSPS) is 14.5. The zero-order chi connectivity index (χ0) is 21.8. The lowest BCUT2D eigenvalue weighted by Gasteiger charge is -2.32. The number of para-hydroxylation sites is 1. The summed E-state index contributed by atoms with van der Waals surface area (Å²) in [5.41, 5.74) is 2.90. The number of hydrogen-bond donors (Lipinski definition) is 1. The average Bonchev–Trinajstić information content (AvgIpc) is 3.43. The molecule has 0 saturated carbocycles. The first-order chi connectivity index (χ1) is 15.0. The lowest BCUT2D eigenvalue weighted by atomic mass is 10.0. The van der Waals surface area contributed by atoms with E-state index in [2.05, 4.69) is 10.5 Å². The number of nitrogens with one attached hydrogen (secondary N) is 1. The van der Waals surface area contributed by atoms with Crippen LogP contribution in [0.4, 0.5) is 0 Å². The number of hydrogen-bond acceptors (Lipinski definition) is 6. The zero-order valence-electron chi connectivity index (χ0n) is 17.6. The molecule has 162 valence electrons.